The van der Waals surface area contributed by atoms with Gasteiger partial charge in [0.05, 0.1) is 11.4 Å². The van der Waals surface area contributed by atoms with Crippen LogP contribution in [0.5, 0.6) is 0 Å². The Labute approximate surface area is 129 Å². The number of carbonyl (C=O) groups excluding carboxylic acids is 1. The topological polar surface area (TPSA) is 36.4 Å². The van der Waals surface area contributed by atoms with Crippen LogP contribution in [0.1, 0.15) is 12.8 Å². The molecule has 0 N–H and O–H groups in total. The first kappa shape index (κ1) is 13.9. The maximum Gasteiger partial charge on any atom is 0.329 e. The van der Waals surface area contributed by atoms with Gasteiger partial charge in [-0.25, -0.2) is 4.79 Å². The van der Waals surface area contributed by atoms with Crippen molar-refractivity contribution in [2.45, 2.75) is 12.8 Å². The van der Waals surface area contributed by atoms with Crippen molar-refractivity contribution in [2.75, 3.05) is 18.0 Å². The molecule has 1 aromatic carbocycles. The van der Waals surface area contributed by atoms with Crippen LogP contribution in [0, 0.1) is 0 Å². The third-order valence-corrected chi connectivity index (χ3v) is 3.79. The summed E-state index contributed by atoms with van der Waals surface area (Å²) in [6.45, 7) is 1.61. The highest BCUT2D eigenvalue weighted by molar-refractivity contribution is 6.31. The van der Waals surface area contributed by atoms with Gasteiger partial charge in [-0.3, -0.25) is 9.88 Å². The van der Waals surface area contributed by atoms with E-state index in [2.05, 4.69) is 4.98 Å². The third-order valence-electron chi connectivity index (χ3n) is 3.56. The van der Waals surface area contributed by atoms with Crippen molar-refractivity contribution >= 4 is 29.0 Å². The highest BCUT2D eigenvalue weighted by Crippen LogP contribution is 2.29. The van der Waals surface area contributed by atoms with E-state index < -0.39 is 0 Å². The summed E-state index contributed by atoms with van der Waals surface area (Å²) in [5, 5.41) is 0.612. The molecule has 3 rings (SSSR count). The SMILES string of the molecule is O=C(N1CCCC1)N(c1ccncc1)c1cccc(Cl)c1. The lowest BCUT2D eigenvalue weighted by atomic mass is 10.2. The summed E-state index contributed by atoms with van der Waals surface area (Å²) in [6.07, 6.45) is 5.49. The minimum atomic E-state index is -0.0130. The molecule has 1 aliphatic heterocycles. The van der Waals surface area contributed by atoms with Crippen LogP contribution in [0.15, 0.2) is 48.8 Å². The average Bonchev–Trinajstić information content (AvgIpc) is 3.03. The Balaban J connectivity index is 2.00. The van der Waals surface area contributed by atoms with Crippen molar-refractivity contribution in [3.63, 3.8) is 0 Å². The number of hydrogen-bond acceptors (Lipinski definition) is 2. The van der Waals surface area contributed by atoms with Crippen LogP contribution in [0.4, 0.5) is 16.2 Å². The lowest BCUT2D eigenvalue weighted by Crippen LogP contribution is -2.39. The summed E-state index contributed by atoms with van der Waals surface area (Å²) in [4.78, 5) is 20.4. The number of benzene rings is 1. The Kier molecular flexibility index (Phi) is 4.06. The predicted octanol–water partition coefficient (Wildman–Crippen LogP) is 4.09. The number of amides is 2. The third kappa shape index (κ3) is 3.00. The summed E-state index contributed by atoms with van der Waals surface area (Å²) in [5.41, 5.74) is 1.56. The van der Waals surface area contributed by atoms with E-state index in [-0.39, 0.29) is 6.03 Å². The maximum absolute atomic E-state index is 12.8. The number of anilines is 2. The zero-order valence-corrected chi connectivity index (χ0v) is 12.3. The molecule has 1 fully saturated rings. The molecular weight excluding hydrogens is 286 g/mol. The van der Waals surface area contributed by atoms with Gasteiger partial charge in [0.2, 0.25) is 0 Å². The van der Waals surface area contributed by atoms with Crippen LogP contribution < -0.4 is 4.90 Å². The van der Waals surface area contributed by atoms with E-state index in [1.54, 1.807) is 29.4 Å². The number of urea groups is 1. The molecule has 0 aliphatic carbocycles. The monoisotopic (exact) mass is 301 g/mol. The molecule has 2 heterocycles. The van der Waals surface area contributed by atoms with Gasteiger partial charge in [-0.1, -0.05) is 17.7 Å². The van der Waals surface area contributed by atoms with Gasteiger partial charge < -0.3 is 4.90 Å². The first-order valence-electron chi connectivity index (χ1n) is 7.00. The molecule has 1 aliphatic rings. The standard InChI is InChI=1S/C16H16ClN3O/c17-13-4-3-5-15(12-13)20(14-6-8-18-9-7-14)16(21)19-10-1-2-11-19/h3-9,12H,1-2,10-11H2. The second-order valence-corrected chi connectivity index (χ2v) is 5.43. The minimum absolute atomic E-state index is 0.0130. The molecule has 0 spiro atoms. The second kappa shape index (κ2) is 6.14. The average molecular weight is 302 g/mol. The Morgan fingerprint density at radius 2 is 1.81 bits per heavy atom. The van der Waals surface area contributed by atoms with Gasteiger partial charge in [-0.05, 0) is 43.2 Å². The van der Waals surface area contributed by atoms with Crippen molar-refractivity contribution in [1.29, 1.82) is 0 Å². The maximum atomic E-state index is 12.8. The Hall–Kier alpha value is -2.07. The van der Waals surface area contributed by atoms with E-state index in [0.717, 1.165) is 37.3 Å². The number of hydrogen-bond donors (Lipinski definition) is 0. The summed E-state index contributed by atoms with van der Waals surface area (Å²) in [5.74, 6) is 0. The summed E-state index contributed by atoms with van der Waals surface area (Å²) in [7, 11) is 0. The fourth-order valence-electron chi connectivity index (χ4n) is 2.53. The van der Waals surface area contributed by atoms with Crippen molar-refractivity contribution in [3.05, 3.63) is 53.8 Å². The number of halogens is 1. The molecule has 0 unspecified atom stereocenters. The molecule has 2 amide bonds. The lowest BCUT2D eigenvalue weighted by Gasteiger charge is -2.28. The first-order chi connectivity index (χ1) is 10.3. The summed E-state index contributed by atoms with van der Waals surface area (Å²) >= 11 is 6.08. The van der Waals surface area contributed by atoms with Crippen molar-refractivity contribution in [1.82, 2.24) is 9.88 Å². The molecule has 2 aromatic rings. The zero-order valence-electron chi connectivity index (χ0n) is 11.6. The molecule has 0 atom stereocenters. The zero-order chi connectivity index (χ0) is 14.7. The van der Waals surface area contributed by atoms with Crippen LogP contribution in [-0.4, -0.2) is 29.0 Å². The van der Waals surface area contributed by atoms with Gasteiger partial charge in [-0.15, -0.1) is 0 Å². The number of rotatable bonds is 2. The number of aromatic nitrogens is 1. The first-order valence-corrected chi connectivity index (χ1v) is 7.38. The molecule has 0 radical (unpaired) electrons. The molecule has 0 saturated carbocycles. The van der Waals surface area contributed by atoms with E-state index in [0.29, 0.717) is 5.02 Å². The van der Waals surface area contributed by atoms with E-state index in [9.17, 15) is 4.79 Å². The van der Waals surface area contributed by atoms with E-state index in [1.165, 1.54) is 0 Å². The van der Waals surface area contributed by atoms with E-state index in [4.69, 9.17) is 11.6 Å². The Morgan fingerprint density at radius 1 is 1.10 bits per heavy atom. The fraction of sp³-hybridized carbons (Fsp3) is 0.250. The Morgan fingerprint density at radius 3 is 2.48 bits per heavy atom. The molecule has 1 aromatic heterocycles. The van der Waals surface area contributed by atoms with E-state index >= 15 is 0 Å². The molecule has 4 nitrogen and oxygen atoms in total. The van der Waals surface area contributed by atoms with Crippen molar-refractivity contribution in [2.24, 2.45) is 0 Å². The van der Waals surface area contributed by atoms with Crippen LogP contribution in [0.3, 0.4) is 0 Å². The highest BCUT2D eigenvalue weighted by Gasteiger charge is 2.26. The van der Waals surface area contributed by atoms with Crippen LogP contribution >= 0.6 is 11.6 Å². The lowest BCUT2D eigenvalue weighted by molar-refractivity contribution is 0.218. The number of likely N-dealkylation sites (tertiary alicyclic amines) is 1. The van der Waals surface area contributed by atoms with Gasteiger partial charge >= 0.3 is 6.03 Å². The highest BCUT2D eigenvalue weighted by atomic mass is 35.5. The van der Waals surface area contributed by atoms with Gasteiger partial charge in [0.25, 0.3) is 0 Å². The summed E-state index contributed by atoms with van der Waals surface area (Å²) < 4.78 is 0. The molecule has 0 bridgehead atoms. The van der Waals surface area contributed by atoms with E-state index in [1.807, 2.05) is 29.2 Å². The predicted molar refractivity (Wildman–Crippen MR) is 84.0 cm³/mol. The van der Waals surface area contributed by atoms with Gasteiger partial charge in [0.1, 0.15) is 0 Å². The van der Waals surface area contributed by atoms with Gasteiger partial charge in [0.15, 0.2) is 0 Å². The molecular formula is C16H16ClN3O. The molecule has 5 heteroatoms. The van der Waals surface area contributed by atoms with Crippen LogP contribution in [0.25, 0.3) is 0 Å². The smallest absolute Gasteiger partial charge is 0.324 e. The van der Waals surface area contributed by atoms with Crippen molar-refractivity contribution < 1.29 is 4.79 Å². The largest absolute Gasteiger partial charge is 0.329 e. The van der Waals surface area contributed by atoms with Crippen LogP contribution in [-0.2, 0) is 0 Å². The minimum Gasteiger partial charge on any atom is -0.324 e. The van der Waals surface area contributed by atoms with Gasteiger partial charge in [-0.2, -0.15) is 0 Å². The van der Waals surface area contributed by atoms with Gasteiger partial charge in [0, 0.05) is 30.5 Å². The molecule has 1 saturated heterocycles. The number of pyridine rings is 1. The number of carbonyl (C=O) groups is 1. The molecule has 108 valence electrons. The van der Waals surface area contributed by atoms with Crippen LogP contribution in [0.2, 0.25) is 5.02 Å². The Bertz CT molecular complexity index is 626. The summed E-state index contributed by atoms with van der Waals surface area (Å²) in [6, 6.07) is 11.0. The quantitative estimate of drug-likeness (QED) is 0.837. The fourth-order valence-corrected chi connectivity index (χ4v) is 2.71. The second-order valence-electron chi connectivity index (χ2n) is 5.00. The molecule has 21 heavy (non-hydrogen) atoms. The van der Waals surface area contributed by atoms with Crippen molar-refractivity contribution in [3.8, 4) is 0 Å². The number of nitrogens with zero attached hydrogens (tertiary/aromatic N) is 3. The normalized spacial score (nSPS) is 14.2.